The van der Waals surface area contributed by atoms with Gasteiger partial charge in [-0.15, -0.1) is 11.3 Å². The average Bonchev–Trinajstić information content (AvgIpc) is 2.59. The van der Waals surface area contributed by atoms with Crippen molar-refractivity contribution in [1.29, 1.82) is 0 Å². The molecule has 0 bridgehead atoms. The Morgan fingerprint density at radius 1 is 1.79 bits per heavy atom. The van der Waals surface area contributed by atoms with Crippen LogP contribution in [0.4, 0.5) is 0 Å². The first-order chi connectivity index (χ1) is 6.63. The van der Waals surface area contributed by atoms with Crippen LogP contribution in [-0.4, -0.2) is 17.4 Å². The second-order valence-electron chi connectivity index (χ2n) is 3.20. The Kier molecular flexibility index (Phi) is 4.03. The molecule has 1 aromatic heterocycles. The predicted molar refractivity (Wildman–Crippen MR) is 56.9 cm³/mol. The Morgan fingerprint density at radius 3 is 3.00 bits per heavy atom. The number of rotatable bonds is 4. The third kappa shape index (κ3) is 3.08. The zero-order chi connectivity index (χ0) is 10.6. The Balaban J connectivity index is 2.37. The zero-order valence-corrected chi connectivity index (χ0v) is 9.23. The number of amides is 1. The van der Waals surface area contributed by atoms with E-state index in [1.54, 1.807) is 17.5 Å². The number of thiazole rings is 1. The van der Waals surface area contributed by atoms with Gasteiger partial charge in [-0.2, -0.15) is 0 Å². The largest absolute Gasteiger partial charge is 0.351 e. The fourth-order valence-corrected chi connectivity index (χ4v) is 1.68. The molecule has 0 saturated carbocycles. The van der Waals surface area contributed by atoms with Crippen LogP contribution < -0.4 is 11.1 Å². The van der Waals surface area contributed by atoms with Crippen molar-refractivity contribution in [2.75, 3.05) is 6.54 Å². The smallest absolute Gasteiger partial charge is 0.224 e. The summed E-state index contributed by atoms with van der Waals surface area (Å²) in [5.74, 6) is -0.123. The molecule has 0 saturated heterocycles. The maximum Gasteiger partial charge on any atom is 0.224 e. The number of nitrogens with two attached hydrogens (primary N) is 1. The molecule has 1 aromatic rings. The molecule has 1 heterocycles. The standard InChI is InChI=1S/C9H15N3OS/c1-6(3-10)9(13)12-5-8-4-11-7(2)14-8/h4,6H,3,5,10H2,1-2H3,(H,12,13). The van der Waals surface area contributed by atoms with Crippen LogP contribution in [0.3, 0.4) is 0 Å². The summed E-state index contributed by atoms with van der Waals surface area (Å²) in [4.78, 5) is 16.5. The first-order valence-electron chi connectivity index (χ1n) is 4.52. The molecule has 1 atom stereocenters. The van der Waals surface area contributed by atoms with Crippen LogP contribution in [0.2, 0.25) is 0 Å². The quantitative estimate of drug-likeness (QED) is 0.772. The molecule has 1 rings (SSSR count). The van der Waals surface area contributed by atoms with E-state index in [1.807, 2.05) is 13.8 Å². The molecule has 4 nitrogen and oxygen atoms in total. The van der Waals surface area contributed by atoms with Gasteiger partial charge < -0.3 is 11.1 Å². The molecule has 0 aromatic carbocycles. The molecule has 3 N–H and O–H groups in total. The molecule has 0 aliphatic heterocycles. The summed E-state index contributed by atoms with van der Waals surface area (Å²) < 4.78 is 0. The maximum absolute atomic E-state index is 11.3. The van der Waals surface area contributed by atoms with Crippen molar-refractivity contribution < 1.29 is 4.79 Å². The summed E-state index contributed by atoms with van der Waals surface area (Å²) in [5, 5.41) is 3.83. The number of carbonyl (C=O) groups excluding carboxylic acids is 1. The number of aromatic nitrogens is 1. The topological polar surface area (TPSA) is 68.0 Å². The van der Waals surface area contributed by atoms with Crippen molar-refractivity contribution in [2.45, 2.75) is 20.4 Å². The van der Waals surface area contributed by atoms with Crippen molar-refractivity contribution in [3.05, 3.63) is 16.1 Å². The molecule has 1 unspecified atom stereocenters. The lowest BCUT2D eigenvalue weighted by Gasteiger charge is -2.08. The number of hydrogen-bond acceptors (Lipinski definition) is 4. The van der Waals surface area contributed by atoms with Gasteiger partial charge in [-0.3, -0.25) is 4.79 Å². The highest BCUT2D eigenvalue weighted by Gasteiger charge is 2.10. The van der Waals surface area contributed by atoms with E-state index in [-0.39, 0.29) is 11.8 Å². The number of carbonyl (C=O) groups is 1. The highest BCUT2D eigenvalue weighted by Crippen LogP contribution is 2.10. The zero-order valence-electron chi connectivity index (χ0n) is 8.41. The number of nitrogens with zero attached hydrogens (tertiary/aromatic N) is 1. The van der Waals surface area contributed by atoms with Gasteiger partial charge in [0.25, 0.3) is 0 Å². The van der Waals surface area contributed by atoms with Crippen molar-refractivity contribution in [3.63, 3.8) is 0 Å². The predicted octanol–water partition coefficient (Wildman–Crippen LogP) is 0.663. The fraction of sp³-hybridized carbons (Fsp3) is 0.556. The van der Waals surface area contributed by atoms with E-state index in [2.05, 4.69) is 10.3 Å². The minimum Gasteiger partial charge on any atom is -0.351 e. The highest BCUT2D eigenvalue weighted by molar-refractivity contribution is 7.11. The molecule has 0 aliphatic carbocycles. The molecular formula is C9H15N3OS. The van der Waals surface area contributed by atoms with Crippen LogP contribution >= 0.6 is 11.3 Å². The van der Waals surface area contributed by atoms with E-state index in [0.29, 0.717) is 13.1 Å². The van der Waals surface area contributed by atoms with Gasteiger partial charge in [0.15, 0.2) is 0 Å². The SMILES string of the molecule is Cc1ncc(CNC(=O)C(C)CN)s1. The van der Waals surface area contributed by atoms with Crippen molar-refractivity contribution in [1.82, 2.24) is 10.3 Å². The molecule has 0 aliphatic rings. The van der Waals surface area contributed by atoms with E-state index in [9.17, 15) is 4.79 Å². The van der Waals surface area contributed by atoms with Crippen LogP contribution in [0.5, 0.6) is 0 Å². The van der Waals surface area contributed by atoms with Crippen molar-refractivity contribution in [3.8, 4) is 0 Å². The molecule has 0 radical (unpaired) electrons. The highest BCUT2D eigenvalue weighted by atomic mass is 32.1. The Morgan fingerprint density at radius 2 is 2.50 bits per heavy atom. The average molecular weight is 213 g/mol. The lowest BCUT2D eigenvalue weighted by molar-refractivity contribution is -0.124. The van der Waals surface area contributed by atoms with Crippen LogP contribution in [0.15, 0.2) is 6.20 Å². The first kappa shape index (κ1) is 11.1. The fourth-order valence-electron chi connectivity index (χ4n) is 0.943. The summed E-state index contributed by atoms with van der Waals surface area (Å²) in [6.07, 6.45) is 1.79. The van der Waals surface area contributed by atoms with E-state index < -0.39 is 0 Å². The van der Waals surface area contributed by atoms with Gasteiger partial charge in [-0.05, 0) is 6.92 Å². The van der Waals surface area contributed by atoms with Gasteiger partial charge in [0, 0.05) is 23.5 Å². The Hall–Kier alpha value is -0.940. The molecule has 0 fully saturated rings. The Labute approximate surface area is 87.5 Å². The number of aryl methyl sites for hydroxylation is 1. The van der Waals surface area contributed by atoms with Gasteiger partial charge >= 0.3 is 0 Å². The minimum atomic E-state index is -0.121. The molecular weight excluding hydrogens is 198 g/mol. The van der Waals surface area contributed by atoms with Gasteiger partial charge in [-0.25, -0.2) is 4.98 Å². The summed E-state index contributed by atoms with van der Waals surface area (Å²) >= 11 is 1.59. The number of hydrogen-bond donors (Lipinski definition) is 2. The molecule has 1 amide bonds. The number of nitrogens with one attached hydrogen (secondary N) is 1. The van der Waals surface area contributed by atoms with Crippen LogP contribution in [0.1, 0.15) is 16.8 Å². The maximum atomic E-state index is 11.3. The normalized spacial score (nSPS) is 12.5. The monoisotopic (exact) mass is 213 g/mol. The lowest BCUT2D eigenvalue weighted by Crippen LogP contribution is -2.32. The second-order valence-corrected chi connectivity index (χ2v) is 4.52. The van der Waals surface area contributed by atoms with E-state index in [0.717, 1.165) is 9.88 Å². The molecule has 0 spiro atoms. The van der Waals surface area contributed by atoms with Crippen LogP contribution in [-0.2, 0) is 11.3 Å². The summed E-state index contributed by atoms with van der Waals surface area (Å²) in [6.45, 7) is 4.69. The summed E-state index contributed by atoms with van der Waals surface area (Å²) in [7, 11) is 0. The van der Waals surface area contributed by atoms with Gasteiger partial charge in [0.2, 0.25) is 5.91 Å². The van der Waals surface area contributed by atoms with Gasteiger partial charge in [-0.1, -0.05) is 6.92 Å². The van der Waals surface area contributed by atoms with Crippen LogP contribution in [0, 0.1) is 12.8 Å². The second kappa shape index (κ2) is 5.07. The minimum absolute atomic E-state index is 0.00134. The lowest BCUT2D eigenvalue weighted by atomic mass is 10.2. The van der Waals surface area contributed by atoms with Crippen LogP contribution in [0.25, 0.3) is 0 Å². The van der Waals surface area contributed by atoms with Crippen molar-refractivity contribution >= 4 is 17.2 Å². The summed E-state index contributed by atoms with van der Waals surface area (Å²) in [6, 6.07) is 0. The van der Waals surface area contributed by atoms with E-state index in [4.69, 9.17) is 5.73 Å². The summed E-state index contributed by atoms with van der Waals surface area (Å²) in [5.41, 5.74) is 5.38. The van der Waals surface area contributed by atoms with E-state index in [1.165, 1.54) is 0 Å². The Bertz CT molecular complexity index is 311. The first-order valence-corrected chi connectivity index (χ1v) is 5.34. The molecule has 78 valence electrons. The van der Waals surface area contributed by atoms with E-state index >= 15 is 0 Å². The third-order valence-electron chi connectivity index (χ3n) is 1.91. The van der Waals surface area contributed by atoms with Crippen molar-refractivity contribution in [2.24, 2.45) is 11.7 Å². The van der Waals surface area contributed by atoms with Gasteiger partial charge in [0.1, 0.15) is 0 Å². The third-order valence-corrected chi connectivity index (χ3v) is 2.82. The molecule has 5 heteroatoms. The van der Waals surface area contributed by atoms with Gasteiger partial charge in [0.05, 0.1) is 11.6 Å². The molecule has 14 heavy (non-hydrogen) atoms.